The van der Waals surface area contributed by atoms with Gasteiger partial charge in [-0.05, 0) is 6.42 Å². The lowest BCUT2D eigenvalue weighted by Gasteiger charge is -2.12. The SMILES string of the molecule is CCCNc1cnc(C(C)C)nc1C(=O)Nc1cn[nH]c1. The molecule has 112 valence electrons. The Morgan fingerprint density at radius 2 is 2.19 bits per heavy atom. The summed E-state index contributed by atoms with van der Waals surface area (Å²) in [6, 6.07) is 0. The second kappa shape index (κ2) is 6.83. The van der Waals surface area contributed by atoms with Gasteiger partial charge in [0.2, 0.25) is 0 Å². The zero-order valence-electron chi connectivity index (χ0n) is 12.5. The molecule has 0 saturated carbocycles. The third kappa shape index (κ3) is 3.77. The number of carbonyl (C=O) groups excluding carboxylic acids is 1. The molecule has 7 nitrogen and oxygen atoms in total. The molecule has 0 aliphatic rings. The third-order valence-corrected chi connectivity index (χ3v) is 2.86. The Labute approximate surface area is 123 Å². The predicted octanol–water partition coefficient (Wildman–Crippen LogP) is 2.40. The monoisotopic (exact) mass is 288 g/mol. The molecule has 0 unspecified atom stereocenters. The number of amides is 1. The molecule has 3 N–H and O–H groups in total. The maximum atomic E-state index is 12.4. The summed E-state index contributed by atoms with van der Waals surface area (Å²) < 4.78 is 0. The summed E-state index contributed by atoms with van der Waals surface area (Å²) in [5.41, 5.74) is 1.59. The molecule has 0 bridgehead atoms. The van der Waals surface area contributed by atoms with Gasteiger partial charge in [-0.3, -0.25) is 9.89 Å². The highest BCUT2D eigenvalue weighted by Crippen LogP contribution is 2.18. The zero-order valence-corrected chi connectivity index (χ0v) is 12.5. The van der Waals surface area contributed by atoms with Gasteiger partial charge >= 0.3 is 0 Å². The molecule has 21 heavy (non-hydrogen) atoms. The van der Waals surface area contributed by atoms with Crippen molar-refractivity contribution in [3.05, 3.63) is 30.1 Å². The predicted molar refractivity (Wildman–Crippen MR) is 81.4 cm³/mol. The molecule has 0 aromatic carbocycles. The summed E-state index contributed by atoms with van der Waals surface area (Å²) in [5.74, 6) is 0.527. The van der Waals surface area contributed by atoms with Gasteiger partial charge in [0, 0.05) is 18.7 Å². The summed E-state index contributed by atoms with van der Waals surface area (Å²) >= 11 is 0. The minimum atomic E-state index is -0.278. The van der Waals surface area contributed by atoms with E-state index in [1.54, 1.807) is 18.6 Å². The molecular weight excluding hydrogens is 268 g/mol. The standard InChI is InChI=1S/C14H20N6O/c1-4-5-15-11-8-16-13(9(2)3)20-12(11)14(21)19-10-6-17-18-7-10/h6-9,15H,4-5H2,1-3H3,(H,17,18)(H,19,21). The molecule has 0 spiro atoms. The molecule has 0 atom stereocenters. The first-order valence-corrected chi connectivity index (χ1v) is 7.02. The highest BCUT2D eigenvalue weighted by molar-refractivity contribution is 6.06. The summed E-state index contributed by atoms with van der Waals surface area (Å²) in [5, 5.41) is 12.4. The van der Waals surface area contributed by atoms with Crippen LogP contribution in [-0.4, -0.2) is 32.6 Å². The molecule has 2 heterocycles. The van der Waals surface area contributed by atoms with Crippen LogP contribution in [-0.2, 0) is 0 Å². The highest BCUT2D eigenvalue weighted by atomic mass is 16.1. The Hall–Kier alpha value is -2.44. The number of nitrogens with one attached hydrogen (secondary N) is 3. The molecule has 2 rings (SSSR count). The number of H-pyrrole nitrogens is 1. The lowest BCUT2D eigenvalue weighted by atomic mass is 10.2. The van der Waals surface area contributed by atoms with Gasteiger partial charge in [-0.25, -0.2) is 9.97 Å². The van der Waals surface area contributed by atoms with E-state index < -0.39 is 0 Å². The Morgan fingerprint density at radius 1 is 1.38 bits per heavy atom. The van der Waals surface area contributed by atoms with Crippen molar-refractivity contribution in [3.63, 3.8) is 0 Å². The Balaban J connectivity index is 2.28. The van der Waals surface area contributed by atoms with E-state index in [0.29, 0.717) is 22.9 Å². The van der Waals surface area contributed by atoms with Crippen molar-refractivity contribution in [2.45, 2.75) is 33.1 Å². The van der Waals surface area contributed by atoms with Crippen molar-refractivity contribution in [3.8, 4) is 0 Å². The van der Waals surface area contributed by atoms with Crippen molar-refractivity contribution in [1.29, 1.82) is 0 Å². The summed E-state index contributed by atoms with van der Waals surface area (Å²) in [7, 11) is 0. The van der Waals surface area contributed by atoms with Crippen LogP contribution in [0.5, 0.6) is 0 Å². The molecule has 2 aromatic rings. The minimum absolute atomic E-state index is 0.158. The van der Waals surface area contributed by atoms with Crippen molar-refractivity contribution >= 4 is 17.3 Å². The second-order valence-electron chi connectivity index (χ2n) is 5.01. The molecule has 0 saturated heterocycles. The average molecular weight is 288 g/mol. The van der Waals surface area contributed by atoms with Gasteiger partial charge in [-0.15, -0.1) is 0 Å². The van der Waals surface area contributed by atoms with Crippen LogP contribution in [0.1, 0.15) is 49.4 Å². The minimum Gasteiger partial charge on any atom is -0.382 e. The molecule has 7 heteroatoms. The van der Waals surface area contributed by atoms with Gasteiger partial charge in [-0.2, -0.15) is 5.10 Å². The maximum absolute atomic E-state index is 12.4. The number of aromatic amines is 1. The molecule has 2 aromatic heterocycles. The smallest absolute Gasteiger partial charge is 0.276 e. The Kier molecular flexibility index (Phi) is 4.86. The largest absolute Gasteiger partial charge is 0.382 e. The van der Waals surface area contributed by atoms with Gasteiger partial charge in [0.15, 0.2) is 5.69 Å². The first-order valence-electron chi connectivity index (χ1n) is 7.02. The van der Waals surface area contributed by atoms with Crippen molar-refractivity contribution in [1.82, 2.24) is 20.2 Å². The number of hydrogen-bond donors (Lipinski definition) is 3. The molecule has 0 aliphatic carbocycles. The molecule has 0 aliphatic heterocycles. The zero-order chi connectivity index (χ0) is 15.2. The van der Waals surface area contributed by atoms with Crippen molar-refractivity contribution in [2.24, 2.45) is 0 Å². The van der Waals surface area contributed by atoms with E-state index >= 15 is 0 Å². The number of carbonyl (C=O) groups is 1. The van der Waals surface area contributed by atoms with Crippen molar-refractivity contribution < 1.29 is 4.79 Å². The van der Waals surface area contributed by atoms with Crippen LogP contribution >= 0.6 is 0 Å². The van der Waals surface area contributed by atoms with E-state index in [4.69, 9.17) is 0 Å². The van der Waals surface area contributed by atoms with Crippen LogP contribution in [0, 0.1) is 0 Å². The first-order chi connectivity index (χ1) is 10.1. The highest BCUT2D eigenvalue weighted by Gasteiger charge is 2.17. The molecule has 0 fully saturated rings. The van der Waals surface area contributed by atoms with Crippen LogP contribution in [0.4, 0.5) is 11.4 Å². The second-order valence-corrected chi connectivity index (χ2v) is 5.01. The lowest BCUT2D eigenvalue weighted by molar-refractivity contribution is 0.102. The van der Waals surface area contributed by atoms with Crippen LogP contribution in [0.15, 0.2) is 18.6 Å². The number of anilines is 2. The molecule has 1 amide bonds. The van der Waals surface area contributed by atoms with Gasteiger partial charge in [0.05, 0.1) is 23.8 Å². The van der Waals surface area contributed by atoms with E-state index in [-0.39, 0.29) is 11.8 Å². The van der Waals surface area contributed by atoms with Crippen LogP contribution < -0.4 is 10.6 Å². The number of nitrogens with zero attached hydrogens (tertiary/aromatic N) is 3. The topological polar surface area (TPSA) is 95.6 Å². The van der Waals surface area contributed by atoms with Gasteiger partial charge in [-0.1, -0.05) is 20.8 Å². The Morgan fingerprint density at radius 3 is 2.81 bits per heavy atom. The fourth-order valence-electron chi connectivity index (χ4n) is 1.75. The van der Waals surface area contributed by atoms with E-state index in [9.17, 15) is 4.79 Å². The fraction of sp³-hybridized carbons (Fsp3) is 0.429. The fourth-order valence-corrected chi connectivity index (χ4v) is 1.75. The van der Waals surface area contributed by atoms with E-state index in [0.717, 1.165) is 13.0 Å². The van der Waals surface area contributed by atoms with Crippen molar-refractivity contribution in [2.75, 3.05) is 17.2 Å². The first kappa shape index (κ1) is 15.0. The van der Waals surface area contributed by atoms with Crippen LogP contribution in [0.25, 0.3) is 0 Å². The normalized spacial score (nSPS) is 10.7. The number of hydrogen-bond acceptors (Lipinski definition) is 5. The Bertz CT molecular complexity index is 594. The maximum Gasteiger partial charge on any atom is 0.276 e. The van der Waals surface area contributed by atoms with Gasteiger partial charge in [0.1, 0.15) is 5.82 Å². The lowest BCUT2D eigenvalue weighted by Crippen LogP contribution is -2.18. The molecular formula is C14H20N6O. The summed E-state index contributed by atoms with van der Waals surface area (Å²) in [6.45, 7) is 6.80. The van der Waals surface area contributed by atoms with E-state index in [1.807, 2.05) is 13.8 Å². The van der Waals surface area contributed by atoms with E-state index in [1.165, 1.54) is 0 Å². The number of rotatable bonds is 6. The van der Waals surface area contributed by atoms with Crippen LogP contribution in [0.3, 0.4) is 0 Å². The summed E-state index contributed by atoms with van der Waals surface area (Å²) in [6.07, 6.45) is 5.78. The van der Waals surface area contributed by atoms with Gasteiger partial charge in [0.25, 0.3) is 5.91 Å². The summed E-state index contributed by atoms with van der Waals surface area (Å²) in [4.78, 5) is 21.1. The number of aromatic nitrogens is 4. The van der Waals surface area contributed by atoms with Crippen LogP contribution in [0.2, 0.25) is 0 Å². The third-order valence-electron chi connectivity index (χ3n) is 2.86. The van der Waals surface area contributed by atoms with Gasteiger partial charge < -0.3 is 10.6 Å². The quantitative estimate of drug-likeness (QED) is 0.758. The van der Waals surface area contributed by atoms with E-state index in [2.05, 4.69) is 37.7 Å². The average Bonchev–Trinajstić information content (AvgIpc) is 2.97. The molecule has 0 radical (unpaired) electrons.